The number of hydrogen-bond acceptors (Lipinski definition) is 5. The summed E-state index contributed by atoms with van der Waals surface area (Å²) in [5.74, 6) is 0.535. The van der Waals surface area contributed by atoms with Crippen molar-refractivity contribution in [2.24, 2.45) is 27.6 Å². The summed E-state index contributed by atoms with van der Waals surface area (Å²) in [6, 6.07) is 5.06. The van der Waals surface area contributed by atoms with E-state index in [4.69, 9.17) is 20.9 Å². The van der Waals surface area contributed by atoms with E-state index in [1.807, 2.05) is 0 Å². The summed E-state index contributed by atoms with van der Waals surface area (Å²) >= 11 is 0. The molecule has 0 spiro atoms. The van der Waals surface area contributed by atoms with Crippen LogP contribution in [0.25, 0.3) is 0 Å². The largest absolute Gasteiger partial charge is 0.493 e. The Bertz CT molecular complexity index is 561. The highest BCUT2D eigenvalue weighted by Crippen LogP contribution is 2.34. The number of rotatable bonds is 5. The van der Waals surface area contributed by atoms with E-state index in [0.29, 0.717) is 11.5 Å². The molecule has 0 unspecified atom stereocenters. The number of ether oxygens (including phenoxy) is 2. The highest BCUT2D eigenvalue weighted by Gasteiger charge is 2.32. The van der Waals surface area contributed by atoms with Crippen LogP contribution in [-0.4, -0.2) is 25.3 Å². The number of benzene rings is 1. The molecule has 4 N–H and O–H groups in total. The summed E-state index contributed by atoms with van der Waals surface area (Å²) in [5, 5.41) is 7.19. The summed E-state index contributed by atoms with van der Waals surface area (Å²) < 4.78 is 10.5. The molecule has 0 atom stereocenters. The number of carbonyl (C=O) groups is 1. The third-order valence-corrected chi connectivity index (χ3v) is 2.69. The molecular formula is C13H16N4O3. The summed E-state index contributed by atoms with van der Waals surface area (Å²) in [4.78, 5) is 11.6. The van der Waals surface area contributed by atoms with Gasteiger partial charge in [-0.05, 0) is 36.6 Å². The second-order valence-electron chi connectivity index (χ2n) is 4.38. The maximum Gasteiger partial charge on any atom is 0.314 e. The number of guanidine groups is 1. The van der Waals surface area contributed by atoms with Crippen LogP contribution in [0.1, 0.15) is 18.4 Å². The molecule has 1 aromatic carbocycles. The number of methoxy groups -OCH3 is 1. The second-order valence-corrected chi connectivity index (χ2v) is 4.38. The first-order valence-electron chi connectivity index (χ1n) is 6.12. The van der Waals surface area contributed by atoms with Gasteiger partial charge in [0, 0.05) is 0 Å². The average molecular weight is 276 g/mol. The zero-order valence-corrected chi connectivity index (χ0v) is 11.1. The van der Waals surface area contributed by atoms with Gasteiger partial charge in [-0.3, -0.25) is 4.79 Å². The molecule has 1 aliphatic rings. The molecule has 1 fully saturated rings. The summed E-state index contributed by atoms with van der Waals surface area (Å²) in [6.45, 7) is 0. The van der Waals surface area contributed by atoms with Crippen molar-refractivity contribution in [3.8, 4) is 11.5 Å². The van der Waals surface area contributed by atoms with Gasteiger partial charge in [0.15, 0.2) is 11.5 Å². The first-order chi connectivity index (χ1) is 9.60. The van der Waals surface area contributed by atoms with Crippen LogP contribution in [0.4, 0.5) is 0 Å². The Balaban J connectivity index is 2.12. The summed E-state index contributed by atoms with van der Waals surface area (Å²) in [6.07, 6.45) is 3.25. The molecule has 1 saturated carbocycles. The van der Waals surface area contributed by atoms with Crippen molar-refractivity contribution in [2.45, 2.75) is 12.8 Å². The van der Waals surface area contributed by atoms with Gasteiger partial charge in [-0.25, -0.2) is 0 Å². The lowest BCUT2D eigenvalue weighted by molar-refractivity contribution is -0.135. The van der Waals surface area contributed by atoms with E-state index < -0.39 is 0 Å². The van der Waals surface area contributed by atoms with Crippen molar-refractivity contribution in [3.63, 3.8) is 0 Å². The molecule has 20 heavy (non-hydrogen) atoms. The van der Waals surface area contributed by atoms with Gasteiger partial charge >= 0.3 is 5.97 Å². The highest BCUT2D eigenvalue weighted by atomic mass is 16.6. The number of esters is 1. The fourth-order valence-corrected chi connectivity index (χ4v) is 1.52. The molecule has 1 aromatic rings. The van der Waals surface area contributed by atoms with E-state index in [-0.39, 0.29) is 17.8 Å². The maximum atomic E-state index is 11.6. The predicted molar refractivity (Wildman–Crippen MR) is 74.8 cm³/mol. The van der Waals surface area contributed by atoms with Crippen LogP contribution in [0.2, 0.25) is 0 Å². The standard InChI is InChI=1S/C13H16N4O3/c1-19-11-6-8(7-16-17-13(14)15)2-5-10(11)20-12(18)9-3-4-9/h2,5-7,9H,3-4H2,1H3,(H4,14,15,17)/b16-7-. The van der Waals surface area contributed by atoms with Crippen LogP contribution in [0.3, 0.4) is 0 Å². The molecule has 0 bridgehead atoms. The third-order valence-electron chi connectivity index (χ3n) is 2.69. The van der Waals surface area contributed by atoms with Crippen LogP contribution in [0, 0.1) is 5.92 Å². The Labute approximate surface area is 116 Å². The van der Waals surface area contributed by atoms with Crippen LogP contribution >= 0.6 is 0 Å². The van der Waals surface area contributed by atoms with Crippen molar-refractivity contribution < 1.29 is 14.3 Å². The Morgan fingerprint density at radius 1 is 1.35 bits per heavy atom. The van der Waals surface area contributed by atoms with Crippen molar-refractivity contribution in [1.29, 1.82) is 0 Å². The molecule has 7 nitrogen and oxygen atoms in total. The number of nitrogens with zero attached hydrogens (tertiary/aromatic N) is 2. The maximum absolute atomic E-state index is 11.6. The molecule has 0 saturated heterocycles. The van der Waals surface area contributed by atoms with Crippen LogP contribution in [-0.2, 0) is 4.79 Å². The fourth-order valence-electron chi connectivity index (χ4n) is 1.52. The Hall–Kier alpha value is -2.57. The van der Waals surface area contributed by atoms with E-state index in [9.17, 15) is 4.79 Å². The van der Waals surface area contributed by atoms with E-state index in [1.165, 1.54) is 13.3 Å². The topological polar surface area (TPSA) is 112 Å². The molecular weight excluding hydrogens is 260 g/mol. The van der Waals surface area contributed by atoms with Crippen molar-refractivity contribution in [2.75, 3.05) is 7.11 Å². The Kier molecular flexibility index (Phi) is 4.19. The van der Waals surface area contributed by atoms with Gasteiger partial charge in [0.2, 0.25) is 5.96 Å². The minimum absolute atomic E-state index is 0.0304. The number of hydrogen-bond donors (Lipinski definition) is 2. The minimum Gasteiger partial charge on any atom is -0.493 e. The molecule has 106 valence electrons. The average Bonchev–Trinajstić information content (AvgIpc) is 3.24. The van der Waals surface area contributed by atoms with E-state index in [2.05, 4.69) is 10.2 Å². The van der Waals surface area contributed by atoms with Crippen molar-refractivity contribution in [3.05, 3.63) is 23.8 Å². The van der Waals surface area contributed by atoms with Gasteiger partial charge in [0.25, 0.3) is 0 Å². The number of carbonyl (C=O) groups excluding carboxylic acids is 1. The van der Waals surface area contributed by atoms with Crippen LogP contribution in [0.5, 0.6) is 11.5 Å². The lowest BCUT2D eigenvalue weighted by Gasteiger charge is -2.09. The molecule has 1 aliphatic carbocycles. The van der Waals surface area contributed by atoms with Crippen molar-refractivity contribution in [1.82, 2.24) is 0 Å². The molecule has 0 radical (unpaired) electrons. The van der Waals surface area contributed by atoms with Gasteiger partial charge < -0.3 is 20.9 Å². The zero-order valence-electron chi connectivity index (χ0n) is 11.1. The van der Waals surface area contributed by atoms with E-state index >= 15 is 0 Å². The molecule has 2 rings (SSSR count). The molecule has 0 aromatic heterocycles. The van der Waals surface area contributed by atoms with Crippen molar-refractivity contribution >= 4 is 18.1 Å². The smallest absolute Gasteiger partial charge is 0.314 e. The Morgan fingerprint density at radius 3 is 2.70 bits per heavy atom. The van der Waals surface area contributed by atoms with Gasteiger partial charge in [0.1, 0.15) is 0 Å². The third kappa shape index (κ3) is 3.71. The van der Waals surface area contributed by atoms with Gasteiger partial charge in [-0.2, -0.15) is 5.10 Å². The molecule has 0 aliphatic heterocycles. The monoisotopic (exact) mass is 276 g/mol. The van der Waals surface area contributed by atoms with Gasteiger partial charge in [-0.15, -0.1) is 5.10 Å². The van der Waals surface area contributed by atoms with Gasteiger partial charge in [0.05, 0.1) is 19.2 Å². The normalized spacial score (nSPS) is 14.1. The highest BCUT2D eigenvalue weighted by molar-refractivity contribution is 5.83. The van der Waals surface area contributed by atoms with E-state index in [0.717, 1.165) is 18.4 Å². The predicted octanol–water partition coefficient (Wildman–Crippen LogP) is 0.618. The minimum atomic E-state index is -0.217. The lowest BCUT2D eigenvalue weighted by atomic mass is 10.2. The first kappa shape index (κ1) is 13.9. The molecule has 0 heterocycles. The number of nitrogens with two attached hydrogens (primary N) is 2. The van der Waals surface area contributed by atoms with E-state index in [1.54, 1.807) is 18.2 Å². The molecule has 0 amide bonds. The SMILES string of the molecule is COc1cc(/C=N\N=C(N)N)ccc1OC(=O)C1CC1. The van der Waals surface area contributed by atoms with Gasteiger partial charge in [-0.1, -0.05) is 0 Å². The fraction of sp³-hybridized carbons (Fsp3) is 0.308. The zero-order chi connectivity index (χ0) is 14.5. The summed E-state index contributed by atoms with van der Waals surface area (Å²) in [5.41, 5.74) is 11.0. The quantitative estimate of drug-likeness (QED) is 0.269. The molecule has 7 heteroatoms. The second kappa shape index (κ2) is 6.05. The lowest BCUT2D eigenvalue weighted by Crippen LogP contribution is -2.21. The summed E-state index contributed by atoms with van der Waals surface area (Å²) in [7, 11) is 1.50. The van der Waals surface area contributed by atoms with Crippen LogP contribution < -0.4 is 20.9 Å². The van der Waals surface area contributed by atoms with Crippen LogP contribution in [0.15, 0.2) is 28.4 Å². The first-order valence-corrected chi connectivity index (χ1v) is 6.12. The Morgan fingerprint density at radius 2 is 2.10 bits per heavy atom.